The SMILES string of the molecule is CCN(CC)CCOC(=O)Cn1nc(C(F)(F)F)cc1-c1ccc(-c2cccc(S(C)(=O)=O)c2)[nH]1. The van der Waals surface area contributed by atoms with Crippen LogP contribution in [-0.4, -0.2) is 66.5 Å². The van der Waals surface area contributed by atoms with Crippen LogP contribution in [0.25, 0.3) is 22.6 Å². The molecule has 0 saturated carbocycles. The lowest BCUT2D eigenvalue weighted by molar-refractivity contribution is -0.146. The fourth-order valence-corrected chi connectivity index (χ4v) is 4.16. The molecule has 0 radical (unpaired) electrons. The third-order valence-corrected chi connectivity index (χ3v) is 6.56. The van der Waals surface area contributed by atoms with Crippen molar-refractivity contribution in [2.45, 2.75) is 31.5 Å². The van der Waals surface area contributed by atoms with Crippen LogP contribution in [0.3, 0.4) is 0 Å². The van der Waals surface area contributed by atoms with Gasteiger partial charge in [-0.25, -0.2) is 8.42 Å². The van der Waals surface area contributed by atoms with E-state index in [0.29, 0.717) is 17.8 Å². The van der Waals surface area contributed by atoms with Crippen molar-refractivity contribution in [2.24, 2.45) is 0 Å². The third-order valence-electron chi connectivity index (χ3n) is 5.45. The van der Waals surface area contributed by atoms with Gasteiger partial charge in [0.2, 0.25) is 0 Å². The largest absolute Gasteiger partial charge is 0.463 e. The Morgan fingerprint density at radius 1 is 1.11 bits per heavy atom. The summed E-state index contributed by atoms with van der Waals surface area (Å²) in [6, 6.07) is 10.2. The van der Waals surface area contributed by atoms with E-state index >= 15 is 0 Å². The highest BCUT2D eigenvalue weighted by atomic mass is 32.2. The minimum absolute atomic E-state index is 0.0449. The Morgan fingerprint density at radius 2 is 1.80 bits per heavy atom. The van der Waals surface area contributed by atoms with Crippen LogP contribution < -0.4 is 0 Å². The number of alkyl halides is 3. The van der Waals surface area contributed by atoms with Crippen molar-refractivity contribution >= 4 is 15.8 Å². The zero-order valence-corrected chi connectivity index (χ0v) is 20.4. The fraction of sp³-hybridized carbons (Fsp3) is 0.391. The average molecular weight is 513 g/mol. The Hall–Kier alpha value is -3.12. The smallest absolute Gasteiger partial charge is 0.435 e. The number of hydrogen-bond donors (Lipinski definition) is 1. The van der Waals surface area contributed by atoms with Crippen LogP contribution in [-0.2, 0) is 32.1 Å². The van der Waals surface area contributed by atoms with Crippen molar-refractivity contribution in [1.29, 1.82) is 0 Å². The second kappa shape index (κ2) is 10.6. The Kier molecular flexibility index (Phi) is 8.06. The number of aromatic amines is 1. The molecule has 3 aromatic rings. The molecule has 0 fully saturated rings. The Labute approximate surface area is 201 Å². The quantitative estimate of drug-likeness (QED) is 0.415. The number of nitrogens with one attached hydrogen (secondary N) is 1. The second-order valence-electron chi connectivity index (χ2n) is 7.90. The molecule has 1 aromatic carbocycles. The first kappa shape index (κ1) is 26.5. The van der Waals surface area contributed by atoms with Crippen LogP contribution in [0.15, 0.2) is 47.4 Å². The summed E-state index contributed by atoms with van der Waals surface area (Å²) in [5.41, 5.74) is 0.219. The maximum atomic E-state index is 13.4. The monoisotopic (exact) mass is 512 g/mol. The van der Waals surface area contributed by atoms with Gasteiger partial charge in [0.05, 0.1) is 16.3 Å². The summed E-state index contributed by atoms with van der Waals surface area (Å²) >= 11 is 0. The maximum Gasteiger partial charge on any atom is 0.435 e. The molecule has 8 nitrogen and oxygen atoms in total. The number of carbonyl (C=O) groups is 1. The van der Waals surface area contributed by atoms with Gasteiger partial charge in [0, 0.05) is 18.5 Å². The van der Waals surface area contributed by atoms with Gasteiger partial charge in [0.25, 0.3) is 0 Å². The summed E-state index contributed by atoms with van der Waals surface area (Å²) in [7, 11) is -3.44. The molecule has 0 spiro atoms. The third kappa shape index (κ3) is 6.73. The predicted octanol–water partition coefficient (Wildman–Crippen LogP) is 3.85. The molecule has 0 bridgehead atoms. The number of likely N-dealkylation sites (N-methyl/N-ethyl adjacent to an activating group) is 1. The van der Waals surface area contributed by atoms with Crippen molar-refractivity contribution in [3.8, 4) is 22.6 Å². The highest BCUT2D eigenvalue weighted by Gasteiger charge is 2.35. The number of hydrogen-bond acceptors (Lipinski definition) is 6. The number of nitrogens with zero attached hydrogens (tertiary/aromatic N) is 3. The molecule has 2 aromatic heterocycles. The fourth-order valence-electron chi connectivity index (χ4n) is 3.50. The second-order valence-corrected chi connectivity index (χ2v) is 9.92. The van der Waals surface area contributed by atoms with Gasteiger partial charge in [-0.15, -0.1) is 0 Å². The van der Waals surface area contributed by atoms with E-state index in [1.807, 2.05) is 18.7 Å². The van der Waals surface area contributed by atoms with E-state index in [4.69, 9.17) is 4.74 Å². The van der Waals surface area contributed by atoms with Crippen molar-refractivity contribution in [2.75, 3.05) is 32.5 Å². The molecule has 35 heavy (non-hydrogen) atoms. The molecule has 0 aliphatic heterocycles. The van der Waals surface area contributed by atoms with E-state index in [2.05, 4.69) is 10.1 Å². The van der Waals surface area contributed by atoms with Gasteiger partial charge in [0.1, 0.15) is 13.2 Å². The van der Waals surface area contributed by atoms with Crippen LogP contribution in [0, 0.1) is 0 Å². The minimum atomic E-state index is -4.70. The normalized spacial score (nSPS) is 12.3. The van der Waals surface area contributed by atoms with Crippen LogP contribution in [0.2, 0.25) is 0 Å². The summed E-state index contributed by atoms with van der Waals surface area (Å²) in [5, 5.41) is 3.58. The number of rotatable bonds is 10. The first-order chi connectivity index (χ1) is 16.4. The number of halogens is 3. The van der Waals surface area contributed by atoms with E-state index in [0.717, 1.165) is 30.1 Å². The number of ether oxygens (including phenoxy) is 1. The molecule has 2 heterocycles. The lowest BCUT2D eigenvalue weighted by Gasteiger charge is -2.17. The van der Waals surface area contributed by atoms with Gasteiger partial charge in [-0.3, -0.25) is 9.48 Å². The molecule has 12 heteroatoms. The van der Waals surface area contributed by atoms with Crippen LogP contribution in [0.1, 0.15) is 19.5 Å². The minimum Gasteiger partial charge on any atom is -0.463 e. The highest BCUT2D eigenvalue weighted by Crippen LogP contribution is 2.33. The van der Waals surface area contributed by atoms with Gasteiger partial charge in [0.15, 0.2) is 15.5 Å². The average Bonchev–Trinajstić information content (AvgIpc) is 3.43. The molecule has 0 atom stereocenters. The lowest BCUT2D eigenvalue weighted by Crippen LogP contribution is -2.28. The van der Waals surface area contributed by atoms with Gasteiger partial charge < -0.3 is 14.6 Å². The van der Waals surface area contributed by atoms with Crippen LogP contribution in [0.4, 0.5) is 13.2 Å². The summed E-state index contributed by atoms with van der Waals surface area (Å²) in [5.74, 6) is -0.706. The molecule has 0 aliphatic rings. The van der Waals surface area contributed by atoms with Gasteiger partial charge in [-0.2, -0.15) is 18.3 Å². The zero-order chi connectivity index (χ0) is 25.8. The van der Waals surface area contributed by atoms with E-state index in [1.165, 1.54) is 12.1 Å². The molecule has 190 valence electrons. The Bertz CT molecular complexity index is 1280. The first-order valence-corrected chi connectivity index (χ1v) is 12.8. The molecule has 1 N–H and O–H groups in total. The van der Waals surface area contributed by atoms with E-state index < -0.39 is 34.2 Å². The van der Waals surface area contributed by atoms with E-state index in [9.17, 15) is 26.4 Å². The van der Waals surface area contributed by atoms with Gasteiger partial charge >= 0.3 is 12.1 Å². The number of sulfone groups is 1. The van der Waals surface area contributed by atoms with Crippen molar-refractivity contribution < 1.29 is 31.1 Å². The van der Waals surface area contributed by atoms with Gasteiger partial charge in [-0.1, -0.05) is 26.0 Å². The molecule has 0 unspecified atom stereocenters. The molecule has 0 amide bonds. The number of benzene rings is 1. The predicted molar refractivity (Wildman–Crippen MR) is 124 cm³/mol. The first-order valence-electron chi connectivity index (χ1n) is 10.9. The number of H-pyrrole nitrogens is 1. The zero-order valence-electron chi connectivity index (χ0n) is 19.6. The van der Waals surface area contributed by atoms with Crippen LogP contribution >= 0.6 is 0 Å². The Morgan fingerprint density at radius 3 is 2.43 bits per heavy atom. The van der Waals surface area contributed by atoms with Crippen molar-refractivity contribution in [3.63, 3.8) is 0 Å². The molecule has 0 aliphatic carbocycles. The summed E-state index contributed by atoms with van der Waals surface area (Å²) in [4.78, 5) is 17.5. The maximum absolute atomic E-state index is 13.4. The standard InChI is InChI=1S/C23H27F3N4O4S/c1-4-29(5-2)11-12-34-22(31)15-30-20(14-21(28-30)23(24,25)26)19-10-9-18(27-19)16-7-6-8-17(13-16)35(3,32)33/h6-10,13-14,27H,4-5,11-12,15H2,1-3H3. The van der Waals surface area contributed by atoms with E-state index in [-0.39, 0.29) is 22.9 Å². The molecule has 3 rings (SSSR count). The van der Waals surface area contributed by atoms with E-state index in [1.54, 1.807) is 24.3 Å². The van der Waals surface area contributed by atoms with Crippen molar-refractivity contribution in [3.05, 3.63) is 48.2 Å². The Balaban J connectivity index is 1.86. The number of esters is 1. The topological polar surface area (TPSA) is 97.3 Å². The van der Waals surface area contributed by atoms with Crippen LogP contribution in [0.5, 0.6) is 0 Å². The van der Waals surface area contributed by atoms with Gasteiger partial charge in [-0.05, 0) is 49.0 Å². The summed E-state index contributed by atoms with van der Waals surface area (Å²) < 4.78 is 70.0. The highest BCUT2D eigenvalue weighted by molar-refractivity contribution is 7.90. The number of carbonyl (C=O) groups excluding carboxylic acids is 1. The number of aromatic nitrogens is 3. The molecular weight excluding hydrogens is 485 g/mol. The van der Waals surface area contributed by atoms with Crippen molar-refractivity contribution in [1.82, 2.24) is 19.7 Å². The molecule has 0 saturated heterocycles. The summed E-state index contributed by atoms with van der Waals surface area (Å²) in [6.07, 6.45) is -3.61. The summed E-state index contributed by atoms with van der Waals surface area (Å²) in [6.45, 7) is 5.66. The lowest BCUT2D eigenvalue weighted by atomic mass is 10.2. The molecular formula is C23H27F3N4O4S.